The molecule has 2 aromatic carbocycles. The summed E-state index contributed by atoms with van der Waals surface area (Å²) in [7, 11) is 1.58. The van der Waals surface area contributed by atoms with Crippen LogP contribution in [0.2, 0.25) is 0 Å². The van der Waals surface area contributed by atoms with Crippen LogP contribution < -0.4 is 11.5 Å². The summed E-state index contributed by atoms with van der Waals surface area (Å²) in [6.45, 7) is 0.805. The zero-order valence-corrected chi connectivity index (χ0v) is 22.2. The van der Waals surface area contributed by atoms with Crippen LogP contribution in [0.4, 0.5) is 0 Å². The number of phenols is 1. The molecular formula is C29H37N5O5. The lowest BCUT2D eigenvalue weighted by atomic mass is 10.0. The van der Waals surface area contributed by atoms with Crippen LogP contribution in [0.5, 0.6) is 5.75 Å². The van der Waals surface area contributed by atoms with Crippen LogP contribution in [0, 0.1) is 0 Å². The number of likely N-dealkylation sites (N-methyl/N-ethyl adjacent to an activating group) is 1. The van der Waals surface area contributed by atoms with Crippen LogP contribution in [0.3, 0.4) is 0 Å². The second-order valence-corrected chi connectivity index (χ2v) is 10.4. The number of nitrogens with two attached hydrogens (primary N) is 2. The fourth-order valence-electron chi connectivity index (χ4n) is 5.61. The highest BCUT2D eigenvalue weighted by atomic mass is 16.3. The van der Waals surface area contributed by atoms with Gasteiger partial charge in [-0.25, -0.2) is 0 Å². The molecule has 0 radical (unpaired) electrons. The van der Waals surface area contributed by atoms with Crippen LogP contribution in [0.25, 0.3) is 0 Å². The molecule has 0 aliphatic carbocycles. The number of phenolic OH excluding ortho intramolecular Hbond substituents is 1. The fraction of sp³-hybridized carbons (Fsp3) is 0.448. The van der Waals surface area contributed by atoms with Crippen molar-refractivity contribution in [3.63, 3.8) is 0 Å². The van der Waals surface area contributed by atoms with E-state index in [0.717, 1.165) is 11.1 Å². The van der Waals surface area contributed by atoms with Gasteiger partial charge in [0.25, 0.3) is 0 Å². The number of hydrogen-bond donors (Lipinski definition) is 3. The standard InChI is InChI=1S/C29H37N5O5/c1-32(25(18-19-7-3-2-4-8-19)29(39)33-15-5-9-23(33)26(31)36)28(38)24-10-6-16-34(24)27(37)22(30)17-20-11-13-21(35)14-12-20/h2-4,7-8,11-14,22-25,35H,5-6,9-10,15-18,30H2,1H3,(H2,31,36). The van der Waals surface area contributed by atoms with Crippen LogP contribution in [-0.2, 0) is 32.0 Å². The molecule has 2 aromatic rings. The van der Waals surface area contributed by atoms with Gasteiger partial charge >= 0.3 is 0 Å². The predicted molar refractivity (Wildman–Crippen MR) is 145 cm³/mol. The largest absolute Gasteiger partial charge is 0.508 e. The Morgan fingerprint density at radius 3 is 2.05 bits per heavy atom. The molecule has 5 N–H and O–H groups in total. The van der Waals surface area contributed by atoms with E-state index in [1.165, 1.54) is 26.8 Å². The molecule has 2 saturated heterocycles. The number of benzene rings is 2. The molecule has 10 heteroatoms. The van der Waals surface area contributed by atoms with E-state index in [-0.39, 0.29) is 36.3 Å². The van der Waals surface area contributed by atoms with Crippen molar-refractivity contribution in [3.8, 4) is 5.75 Å². The molecule has 4 amide bonds. The van der Waals surface area contributed by atoms with E-state index in [9.17, 15) is 24.3 Å². The molecule has 4 atom stereocenters. The highest BCUT2D eigenvalue weighted by Gasteiger charge is 2.43. The van der Waals surface area contributed by atoms with Gasteiger partial charge in [0, 0.05) is 26.6 Å². The number of nitrogens with zero attached hydrogens (tertiary/aromatic N) is 3. The number of amides is 4. The summed E-state index contributed by atoms with van der Waals surface area (Å²) in [5, 5.41) is 9.51. The minimum Gasteiger partial charge on any atom is -0.508 e. The molecule has 39 heavy (non-hydrogen) atoms. The van der Waals surface area contributed by atoms with Gasteiger partial charge in [-0.2, -0.15) is 0 Å². The maximum atomic E-state index is 13.8. The third kappa shape index (κ3) is 6.39. The number of carbonyl (C=O) groups is 4. The number of primary amides is 1. The Morgan fingerprint density at radius 1 is 0.872 bits per heavy atom. The zero-order valence-electron chi connectivity index (χ0n) is 22.2. The van der Waals surface area contributed by atoms with Gasteiger partial charge in [-0.3, -0.25) is 19.2 Å². The van der Waals surface area contributed by atoms with Crippen molar-refractivity contribution >= 4 is 23.6 Å². The van der Waals surface area contributed by atoms with Gasteiger partial charge in [-0.1, -0.05) is 42.5 Å². The Hall–Kier alpha value is -3.92. The summed E-state index contributed by atoms with van der Waals surface area (Å²) in [6.07, 6.45) is 2.82. The summed E-state index contributed by atoms with van der Waals surface area (Å²) in [4.78, 5) is 57.4. The average Bonchev–Trinajstić information content (AvgIpc) is 3.62. The van der Waals surface area contributed by atoms with Crippen molar-refractivity contribution in [1.29, 1.82) is 0 Å². The van der Waals surface area contributed by atoms with E-state index in [0.29, 0.717) is 38.8 Å². The van der Waals surface area contributed by atoms with E-state index < -0.39 is 30.1 Å². The molecule has 2 heterocycles. The molecule has 0 aromatic heterocycles. The monoisotopic (exact) mass is 535 g/mol. The molecule has 0 bridgehead atoms. The first kappa shape index (κ1) is 28.1. The second-order valence-electron chi connectivity index (χ2n) is 10.4. The van der Waals surface area contributed by atoms with Crippen LogP contribution in [0.15, 0.2) is 54.6 Å². The Balaban J connectivity index is 1.52. The van der Waals surface area contributed by atoms with Crippen LogP contribution >= 0.6 is 0 Å². The maximum Gasteiger partial charge on any atom is 0.246 e. The summed E-state index contributed by atoms with van der Waals surface area (Å²) < 4.78 is 0. The summed E-state index contributed by atoms with van der Waals surface area (Å²) >= 11 is 0. The van der Waals surface area contributed by atoms with Gasteiger partial charge in [0.05, 0.1) is 6.04 Å². The highest BCUT2D eigenvalue weighted by Crippen LogP contribution is 2.25. The Kier molecular flexibility index (Phi) is 8.86. The summed E-state index contributed by atoms with van der Waals surface area (Å²) in [5.74, 6) is -1.41. The second kappa shape index (κ2) is 12.3. The number of hydrogen-bond acceptors (Lipinski definition) is 6. The van der Waals surface area contributed by atoms with Gasteiger partial charge in [-0.15, -0.1) is 0 Å². The first-order valence-electron chi connectivity index (χ1n) is 13.4. The van der Waals surface area contributed by atoms with Gasteiger partial charge in [0.1, 0.15) is 23.9 Å². The molecule has 208 valence electrons. The Bertz CT molecular complexity index is 1190. The van der Waals surface area contributed by atoms with Crippen LogP contribution in [-0.4, -0.2) is 87.7 Å². The summed E-state index contributed by atoms with van der Waals surface area (Å²) in [6, 6.07) is 12.8. The normalized spacial score (nSPS) is 20.5. The topological polar surface area (TPSA) is 150 Å². The summed E-state index contributed by atoms with van der Waals surface area (Å²) in [5.41, 5.74) is 13.5. The van der Waals surface area contributed by atoms with Crippen LogP contribution in [0.1, 0.15) is 36.8 Å². The van der Waals surface area contributed by atoms with Crippen molar-refractivity contribution in [2.24, 2.45) is 11.5 Å². The molecular weight excluding hydrogens is 498 g/mol. The molecule has 4 unspecified atom stereocenters. The van der Waals surface area contributed by atoms with Gasteiger partial charge in [0.15, 0.2) is 0 Å². The van der Waals surface area contributed by atoms with Gasteiger partial charge < -0.3 is 31.3 Å². The van der Waals surface area contributed by atoms with Crippen molar-refractivity contribution in [2.75, 3.05) is 20.1 Å². The first-order valence-corrected chi connectivity index (χ1v) is 13.4. The van der Waals surface area contributed by atoms with Crippen molar-refractivity contribution < 1.29 is 24.3 Å². The predicted octanol–water partition coefficient (Wildman–Crippen LogP) is 0.799. The maximum absolute atomic E-state index is 13.8. The first-order chi connectivity index (χ1) is 18.7. The molecule has 2 aliphatic rings. The fourth-order valence-corrected chi connectivity index (χ4v) is 5.61. The van der Waals surface area contributed by atoms with Crippen molar-refractivity contribution in [3.05, 3.63) is 65.7 Å². The van der Waals surface area contributed by atoms with E-state index in [1.807, 2.05) is 30.3 Å². The highest BCUT2D eigenvalue weighted by molar-refractivity contribution is 5.95. The number of aromatic hydroxyl groups is 1. The molecule has 2 fully saturated rings. The van der Waals surface area contributed by atoms with E-state index in [1.54, 1.807) is 19.2 Å². The van der Waals surface area contributed by atoms with E-state index >= 15 is 0 Å². The molecule has 10 nitrogen and oxygen atoms in total. The molecule has 0 spiro atoms. The van der Waals surface area contributed by atoms with Crippen molar-refractivity contribution in [2.45, 2.75) is 62.7 Å². The average molecular weight is 536 g/mol. The van der Waals surface area contributed by atoms with Gasteiger partial charge in [-0.05, 0) is 55.4 Å². The zero-order chi connectivity index (χ0) is 28.1. The van der Waals surface area contributed by atoms with E-state index in [2.05, 4.69) is 0 Å². The number of carbonyl (C=O) groups excluding carboxylic acids is 4. The lowest BCUT2D eigenvalue weighted by Crippen LogP contribution is -2.58. The lowest BCUT2D eigenvalue weighted by molar-refractivity contribution is -0.151. The minimum absolute atomic E-state index is 0.127. The number of likely N-dealkylation sites (tertiary alicyclic amines) is 2. The van der Waals surface area contributed by atoms with Crippen molar-refractivity contribution in [1.82, 2.24) is 14.7 Å². The minimum atomic E-state index is -0.858. The molecule has 4 rings (SSSR count). The Morgan fingerprint density at radius 2 is 1.44 bits per heavy atom. The van der Waals surface area contributed by atoms with E-state index in [4.69, 9.17) is 11.5 Å². The SMILES string of the molecule is CN(C(=O)C1CCCN1C(=O)C(N)Cc1ccc(O)cc1)C(Cc1ccccc1)C(=O)N1CCCC1C(N)=O. The van der Waals surface area contributed by atoms with Gasteiger partial charge in [0.2, 0.25) is 23.6 Å². The third-order valence-electron chi connectivity index (χ3n) is 7.77. The molecule has 2 aliphatic heterocycles. The quantitative estimate of drug-likeness (QED) is 0.432. The lowest BCUT2D eigenvalue weighted by Gasteiger charge is -2.36. The third-order valence-corrected chi connectivity index (χ3v) is 7.77. The Labute approximate surface area is 228 Å². The smallest absolute Gasteiger partial charge is 0.246 e. The molecule has 0 saturated carbocycles. The number of rotatable bonds is 9.